The molecule has 1 aliphatic rings. The monoisotopic (exact) mass is 260 g/mol. The van der Waals surface area contributed by atoms with Crippen LogP contribution in [-0.4, -0.2) is 36.3 Å². The van der Waals surface area contributed by atoms with Crippen LogP contribution in [0.1, 0.15) is 30.1 Å². The van der Waals surface area contributed by atoms with Crippen molar-refractivity contribution in [3.63, 3.8) is 0 Å². The van der Waals surface area contributed by atoms with Gasteiger partial charge in [0.05, 0.1) is 0 Å². The Bertz CT molecular complexity index is 437. The lowest BCUT2D eigenvalue weighted by Crippen LogP contribution is -2.45. The van der Waals surface area contributed by atoms with Crippen molar-refractivity contribution in [2.24, 2.45) is 5.92 Å². The molecule has 0 aromatic heterocycles. The first kappa shape index (κ1) is 13.6. The molecule has 1 fully saturated rings. The lowest BCUT2D eigenvalue weighted by atomic mass is 9.89. The molecule has 102 valence electrons. The topological polar surface area (TPSA) is 49.4 Å². The highest BCUT2D eigenvalue weighted by Gasteiger charge is 2.27. The number of hydrogen-bond acceptors (Lipinski definition) is 2. The summed E-state index contributed by atoms with van der Waals surface area (Å²) in [6.07, 6.45) is 1.51. The second-order valence-corrected chi connectivity index (χ2v) is 4.83. The Balaban J connectivity index is 1.90. The summed E-state index contributed by atoms with van der Waals surface area (Å²) in [4.78, 5) is 25.7. The summed E-state index contributed by atoms with van der Waals surface area (Å²) >= 11 is 0. The number of amides is 2. The molecule has 1 heterocycles. The van der Waals surface area contributed by atoms with E-state index in [0.29, 0.717) is 19.6 Å². The molecule has 0 bridgehead atoms. The average molecular weight is 260 g/mol. The number of rotatable bonds is 3. The Labute approximate surface area is 113 Å². The maximum atomic E-state index is 12.3. The Morgan fingerprint density at radius 3 is 2.42 bits per heavy atom. The van der Waals surface area contributed by atoms with E-state index in [1.807, 2.05) is 37.3 Å². The number of urea groups is 1. The number of piperidine rings is 1. The van der Waals surface area contributed by atoms with Gasteiger partial charge in [-0.2, -0.15) is 0 Å². The van der Waals surface area contributed by atoms with Crippen molar-refractivity contribution >= 4 is 11.8 Å². The van der Waals surface area contributed by atoms with E-state index in [4.69, 9.17) is 0 Å². The van der Waals surface area contributed by atoms with Gasteiger partial charge in [-0.1, -0.05) is 30.3 Å². The molecule has 2 rings (SSSR count). The molecule has 2 amide bonds. The van der Waals surface area contributed by atoms with Gasteiger partial charge in [0.25, 0.3) is 0 Å². The van der Waals surface area contributed by atoms with E-state index in [1.165, 1.54) is 0 Å². The van der Waals surface area contributed by atoms with Crippen LogP contribution in [0.5, 0.6) is 0 Å². The predicted molar refractivity (Wildman–Crippen MR) is 74.1 cm³/mol. The third kappa shape index (κ3) is 3.34. The van der Waals surface area contributed by atoms with E-state index >= 15 is 0 Å². The zero-order chi connectivity index (χ0) is 13.7. The third-order valence-corrected chi connectivity index (χ3v) is 3.54. The zero-order valence-electron chi connectivity index (χ0n) is 11.3. The van der Waals surface area contributed by atoms with Crippen LogP contribution in [0.2, 0.25) is 0 Å². The maximum Gasteiger partial charge on any atom is 0.317 e. The SMILES string of the molecule is CCNC(=O)N1CCC(C(=O)c2ccccc2)CC1. The van der Waals surface area contributed by atoms with Gasteiger partial charge in [0.2, 0.25) is 0 Å². The first-order valence-corrected chi connectivity index (χ1v) is 6.84. The summed E-state index contributed by atoms with van der Waals surface area (Å²) in [7, 11) is 0. The highest BCUT2D eigenvalue weighted by Crippen LogP contribution is 2.21. The molecule has 1 saturated heterocycles. The van der Waals surface area contributed by atoms with Crippen LogP contribution < -0.4 is 5.32 Å². The predicted octanol–water partition coefficient (Wildman–Crippen LogP) is 2.31. The van der Waals surface area contributed by atoms with Crippen LogP contribution >= 0.6 is 0 Å². The van der Waals surface area contributed by atoms with E-state index < -0.39 is 0 Å². The van der Waals surface area contributed by atoms with E-state index in [1.54, 1.807) is 4.90 Å². The molecule has 0 radical (unpaired) electrons. The summed E-state index contributed by atoms with van der Waals surface area (Å²) in [6.45, 7) is 3.87. The van der Waals surface area contributed by atoms with Crippen molar-refractivity contribution in [1.29, 1.82) is 0 Å². The van der Waals surface area contributed by atoms with Crippen molar-refractivity contribution in [3.05, 3.63) is 35.9 Å². The zero-order valence-corrected chi connectivity index (χ0v) is 11.3. The van der Waals surface area contributed by atoms with Gasteiger partial charge in [-0.15, -0.1) is 0 Å². The molecular weight excluding hydrogens is 240 g/mol. The Kier molecular flexibility index (Phi) is 4.55. The Morgan fingerprint density at radius 1 is 1.21 bits per heavy atom. The molecule has 1 aromatic carbocycles. The number of benzene rings is 1. The molecule has 0 spiro atoms. The fourth-order valence-corrected chi connectivity index (χ4v) is 2.45. The molecule has 0 saturated carbocycles. The number of carbonyl (C=O) groups excluding carboxylic acids is 2. The van der Waals surface area contributed by atoms with Gasteiger partial charge in [0.15, 0.2) is 5.78 Å². The maximum absolute atomic E-state index is 12.3. The minimum absolute atomic E-state index is 0.0203. The largest absolute Gasteiger partial charge is 0.338 e. The van der Waals surface area contributed by atoms with Crippen LogP contribution in [-0.2, 0) is 0 Å². The van der Waals surface area contributed by atoms with E-state index in [-0.39, 0.29) is 17.7 Å². The molecular formula is C15H20N2O2. The van der Waals surface area contributed by atoms with Crippen LogP contribution in [0.4, 0.5) is 4.79 Å². The minimum Gasteiger partial charge on any atom is -0.338 e. The lowest BCUT2D eigenvalue weighted by Gasteiger charge is -2.31. The molecule has 4 heteroatoms. The Morgan fingerprint density at radius 2 is 1.84 bits per heavy atom. The number of likely N-dealkylation sites (tertiary alicyclic amines) is 1. The van der Waals surface area contributed by atoms with Crippen molar-refractivity contribution in [2.45, 2.75) is 19.8 Å². The van der Waals surface area contributed by atoms with Crippen molar-refractivity contribution in [1.82, 2.24) is 10.2 Å². The smallest absolute Gasteiger partial charge is 0.317 e. The molecule has 1 aliphatic heterocycles. The molecule has 1 aromatic rings. The highest BCUT2D eigenvalue weighted by molar-refractivity contribution is 5.97. The van der Waals surface area contributed by atoms with E-state index in [2.05, 4.69) is 5.32 Å². The van der Waals surface area contributed by atoms with Crippen molar-refractivity contribution in [2.75, 3.05) is 19.6 Å². The Hall–Kier alpha value is -1.84. The van der Waals surface area contributed by atoms with Crippen molar-refractivity contribution in [3.8, 4) is 0 Å². The van der Waals surface area contributed by atoms with E-state index in [9.17, 15) is 9.59 Å². The van der Waals surface area contributed by atoms with E-state index in [0.717, 1.165) is 18.4 Å². The summed E-state index contributed by atoms with van der Waals surface area (Å²) in [5.41, 5.74) is 0.777. The summed E-state index contributed by atoms with van der Waals surface area (Å²) < 4.78 is 0. The lowest BCUT2D eigenvalue weighted by molar-refractivity contribution is 0.0855. The van der Waals surface area contributed by atoms with Gasteiger partial charge in [-0.25, -0.2) is 4.79 Å². The number of hydrogen-bond donors (Lipinski definition) is 1. The minimum atomic E-state index is -0.0203. The number of ketones is 1. The number of Topliss-reactive ketones (excluding diaryl/α,β-unsaturated/α-hetero) is 1. The van der Waals surface area contributed by atoms with Gasteiger partial charge >= 0.3 is 6.03 Å². The normalized spacial score (nSPS) is 16.2. The fourth-order valence-electron chi connectivity index (χ4n) is 2.45. The van der Waals surface area contributed by atoms with Crippen molar-refractivity contribution < 1.29 is 9.59 Å². The molecule has 0 atom stereocenters. The van der Waals surface area contributed by atoms with Gasteiger partial charge in [-0.05, 0) is 19.8 Å². The standard InChI is InChI=1S/C15H20N2O2/c1-2-16-15(19)17-10-8-13(9-11-17)14(18)12-6-4-3-5-7-12/h3-7,13H,2,8-11H2,1H3,(H,16,19). The van der Waals surface area contributed by atoms with Gasteiger partial charge in [-0.3, -0.25) is 4.79 Å². The van der Waals surface area contributed by atoms with Crippen LogP contribution in [0.3, 0.4) is 0 Å². The number of carbonyl (C=O) groups is 2. The van der Waals surface area contributed by atoms with Gasteiger partial charge < -0.3 is 10.2 Å². The second-order valence-electron chi connectivity index (χ2n) is 4.83. The summed E-state index contributed by atoms with van der Waals surface area (Å²) in [5.74, 6) is 0.254. The number of nitrogens with one attached hydrogen (secondary N) is 1. The first-order valence-electron chi connectivity index (χ1n) is 6.84. The molecule has 0 unspecified atom stereocenters. The van der Waals surface area contributed by atoms with Crippen LogP contribution in [0.25, 0.3) is 0 Å². The molecule has 4 nitrogen and oxygen atoms in total. The van der Waals surface area contributed by atoms with Gasteiger partial charge in [0.1, 0.15) is 0 Å². The van der Waals surface area contributed by atoms with Crippen LogP contribution in [0.15, 0.2) is 30.3 Å². The quantitative estimate of drug-likeness (QED) is 0.848. The second kappa shape index (κ2) is 6.36. The summed E-state index contributed by atoms with van der Waals surface area (Å²) in [6, 6.07) is 9.38. The average Bonchev–Trinajstić information content (AvgIpc) is 2.48. The first-order chi connectivity index (χ1) is 9.22. The number of nitrogens with zero attached hydrogens (tertiary/aromatic N) is 1. The van der Waals surface area contributed by atoms with Crippen LogP contribution in [0, 0.1) is 5.92 Å². The molecule has 19 heavy (non-hydrogen) atoms. The van der Waals surface area contributed by atoms with Gasteiger partial charge in [0, 0.05) is 31.1 Å². The highest BCUT2D eigenvalue weighted by atomic mass is 16.2. The fraction of sp³-hybridized carbons (Fsp3) is 0.467. The summed E-state index contributed by atoms with van der Waals surface area (Å²) in [5, 5.41) is 2.79. The molecule has 0 aliphatic carbocycles. The third-order valence-electron chi connectivity index (χ3n) is 3.54. The molecule has 1 N–H and O–H groups in total.